The highest BCUT2D eigenvalue weighted by atomic mass is 32.1. The monoisotopic (exact) mass is 507 g/mol. The first-order valence-corrected chi connectivity index (χ1v) is 12.5. The third-order valence-corrected chi connectivity index (χ3v) is 7.28. The quantitative estimate of drug-likeness (QED) is 0.403. The number of hydrogen-bond donors (Lipinski definition) is 1. The number of benzene rings is 3. The Morgan fingerprint density at radius 2 is 1.59 bits per heavy atom. The predicted molar refractivity (Wildman–Crippen MR) is 144 cm³/mol. The van der Waals surface area contributed by atoms with Gasteiger partial charge in [-0.2, -0.15) is 9.50 Å². The molecule has 0 atom stereocenters. The van der Waals surface area contributed by atoms with E-state index in [0.29, 0.717) is 27.7 Å². The van der Waals surface area contributed by atoms with Crippen LogP contribution in [0.25, 0.3) is 21.9 Å². The largest absolute Gasteiger partial charge is 0.325 e. The van der Waals surface area contributed by atoms with Gasteiger partial charge < -0.3 is 5.32 Å². The van der Waals surface area contributed by atoms with Crippen molar-refractivity contribution < 1.29 is 9.59 Å². The molecule has 1 aliphatic rings. The number of aryl methyl sites for hydroxylation is 2. The maximum absolute atomic E-state index is 13.6. The number of carbonyl (C=O) groups excluding carboxylic acids is 2. The molecule has 0 saturated heterocycles. The predicted octanol–water partition coefficient (Wildman–Crippen LogP) is 3.34. The number of aromatic nitrogens is 3. The minimum Gasteiger partial charge on any atom is -0.325 e. The number of carbonyl (C=O) groups is 2. The van der Waals surface area contributed by atoms with E-state index in [9.17, 15) is 14.4 Å². The Balaban J connectivity index is 1.38. The maximum Gasteiger partial charge on any atom is 0.291 e. The van der Waals surface area contributed by atoms with E-state index in [0.717, 1.165) is 28.0 Å². The van der Waals surface area contributed by atoms with E-state index in [2.05, 4.69) is 15.4 Å². The van der Waals surface area contributed by atoms with Crippen molar-refractivity contribution in [2.24, 2.45) is 0 Å². The molecular formula is C28H21N5O3S. The van der Waals surface area contributed by atoms with Gasteiger partial charge in [0, 0.05) is 16.8 Å². The van der Waals surface area contributed by atoms with Gasteiger partial charge in [0.25, 0.3) is 11.5 Å². The van der Waals surface area contributed by atoms with Gasteiger partial charge in [0.05, 0.1) is 11.3 Å². The Kier molecular flexibility index (Phi) is 5.42. The molecule has 0 aliphatic carbocycles. The molecule has 3 heterocycles. The summed E-state index contributed by atoms with van der Waals surface area (Å²) in [6, 6.07) is 22.3. The number of nitrogens with zero attached hydrogens (tertiary/aromatic N) is 4. The third kappa shape index (κ3) is 3.99. The Morgan fingerprint density at radius 3 is 2.30 bits per heavy atom. The lowest BCUT2D eigenvalue weighted by atomic mass is 10.1. The molecule has 6 rings (SSSR count). The molecular weight excluding hydrogens is 486 g/mol. The fourth-order valence-electron chi connectivity index (χ4n) is 4.35. The number of fused-ring (bicyclic) bond motifs is 2. The zero-order valence-electron chi connectivity index (χ0n) is 20.1. The van der Waals surface area contributed by atoms with Crippen LogP contribution in [0.5, 0.6) is 0 Å². The van der Waals surface area contributed by atoms with Gasteiger partial charge in [-0.05, 0) is 32.0 Å². The molecule has 2 aromatic heterocycles. The van der Waals surface area contributed by atoms with E-state index < -0.39 is 11.5 Å². The molecule has 1 aliphatic heterocycles. The van der Waals surface area contributed by atoms with E-state index in [1.54, 1.807) is 24.3 Å². The molecule has 0 saturated carbocycles. The molecule has 9 heteroatoms. The fraction of sp³-hybridized carbons (Fsp3) is 0.107. The number of amides is 2. The first-order chi connectivity index (χ1) is 17.9. The third-order valence-electron chi connectivity index (χ3n) is 6.25. The van der Waals surface area contributed by atoms with E-state index in [1.807, 2.05) is 62.4 Å². The van der Waals surface area contributed by atoms with Crippen LogP contribution in [0.2, 0.25) is 0 Å². The van der Waals surface area contributed by atoms with Gasteiger partial charge in [-0.1, -0.05) is 77.1 Å². The lowest BCUT2D eigenvalue weighted by Crippen LogP contribution is -2.37. The minimum atomic E-state index is -0.407. The van der Waals surface area contributed by atoms with Crippen LogP contribution in [0.3, 0.4) is 0 Å². The van der Waals surface area contributed by atoms with E-state index in [4.69, 9.17) is 0 Å². The standard InChI is InChI=1S/C28H21N5O3S/c1-16-7-11-18(12-8-16)25-30-28-33(31-25)27(36)24(37-28)23-20-5-3-4-6-21(20)32(26(23)35)15-22(34)29-19-13-9-17(2)10-14-19/h3-14H,15H2,1-2H3,(H,29,34). The lowest BCUT2D eigenvalue weighted by molar-refractivity contribution is -0.118. The maximum atomic E-state index is 13.6. The van der Waals surface area contributed by atoms with Crippen LogP contribution in [0.15, 0.2) is 77.6 Å². The Morgan fingerprint density at radius 1 is 0.919 bits per heavy atom. The zero-order chi connectivity index (χ0) is 25.7. The number of para-hydroxylation sites is 1. The van der Waals surface area contributed by atoms with Gasteiger partial charge in [-0.15, -0.1) is 5.10 Å². The summed E-state index contributed by atoms with van der Waals surface area (Å²) in [5, 5.41) is 7.24. The van der Waals surface area contributed by atoms with Crippen molar-refractivity contribution in [1.29, 1.82) is 0 Å². The van der Waals surface area contributed by atoms with Crippen LogP contribution in [-0.4, -0.2) is 33.0 Å². The van der Waals surface area contributed by atoms with Crippen LogP contribution < -0.4 is 20.3 Å². The van der Waals surface area contributed by atoms with Crippen LogP contribution in [0.4, 0.5) is 11.4 Å². The average molecular weight is 508 g/mol. The molecule has 0 bridgehead atoms. The van der Waals surface area contributed by atoms with Gasteiger partial charge in [0.1, 0.15) is 11.1 Å². The van der Waals surface area contributed by atoms with Crippen molar-refractivity contribution in [3.63, 3.8) is 0 Å². The number of rotatable bonds is 4. The van der Waals surface area contributed by atoms with Gasteiger partial charge in [0.15, 0.2) is 5.82 Å². The normalized spacial score (nSPS) is 14.3. The van der Waals surface area contributed by atoms with Crippen molar-refractivity contribution in [2.45, 2.75) is 13.8 Å². The second-order valence-electron chi connectivity index (χ2n) is 8.93. The number of anilines is 2. The molecule has 0 fully saturated rings. The van der Waals surface area contributed by atoms with Crippen molar-refractivity contribution >= 4 is 45.1 Å². The summed E-state index contributed by atoms with van der Waals surface area (Å²) in [6.07, 6.45) is 0. The van der Waals surface area contributed by atoms with Gasteiger partial charge in [-0.3, -0.25) is 19.3 Å². The van der Waals surface area contributed by atoms with Crippen LogP contribution in [-0.2, 0) is 9.59 Å². The molecule has 0 unspecified atom stereocenters. The van der Waals surface area contributed by atoms with Crippen molar-refractivity contribution in [3.8, 4) is 11.4 Å². The van der Waals surface area contributed by atoms with Crippen LogP contribution in [0, 0.1) is 13.8 Å². The molecule has 1 N–H and O–H groups in total. The topological polar surface area (TPSA) is 96.7 Å². The fourth-order valence-corrected chi connectivity index (χ4v) is 5.35. The molecule has 3 aromatic carbocycles. The van der Waals surface area contributed by atoms with Crippen LogP contribution >= 0.6 is 11.3 Å². The molecule has 8 nitrogen and oxygen atoms in total. The van der Waals surface area contributed by atoms with Crippen molar-refractivity contribution in [1.82, 2.24) is 14.6 Å². The van der Waals surface area contributed by atoms with E-state index in [1.165, 1.54) is 9.42 Å². The SMILES string of the molecule is Cc1ccc(NC(=O)CN2C(=O)C(=c3sc4nc(-c5ccc(C)cc5)nn4c3=O)c3ccccc32)cc1. The summed E-state index contributed by atoms with van der Waals surface area (Å²) in [7, 11) is 0. The molecule has 182 valence electrons. The molecule has 0 spiro atoms. The second kappa shape index (κ2) is 8.79. The summed E-state index contributed by atoms with van der Waals surface area (Å²) in [5.74, 6) is -0.283. The summed E-state index contributed by atoms with van der Waals surface area (Å²) < 4.78 is 1.49. The molecule has 0 radical (unpaired) electrons. The molecule has 5 aromatic rings. The summed E-state index contributed by atoms with van der Waals surface area (Å²) in [4.78, 5) is 46.1. The molecule has 37 heavy (non-hydrogen) atoms. The van der Waals surface area contributed by atoms with E-state index in [-0.39, 0.29) is 22.6 Å². The lowest BCUT2D eigenvalue weighted by Gasteiger charge is -2.16. The minimum absolute atomic E-state index is 0.181. The van der Waals surface area contributed by atoms with Gasteiger partial charge in [0.2, 0.25) is 10.9 Å². The number of thiazole rings is 1. The Labute approximate surface area is 215 Å². The van der Waals surface area contributed by atoms with Crippen molar-refractivity contribution in [3.05, 3.63) is 104 Å². The highest BCUT2D eigenvalue weighted by Crippen LogP contribution is 2.35. The highest BCUT2D eigenvalue weighted by Gasteiger charge is 2.35. The highest BCUT2D eigenvalue weighted by molar-refractivity contribution is 7.15. The summed E-state index contributed by atoms with van der Waals surface area (Å²) in [6.45, 7) is 3.78. The van der Waals surface area contributed by atoms with Crippen LogP contribution in [0.1, 0.15) is 16.7 Å². The first-order valence-electron chi connectivity index (χ1n) is 11.7. The zero-order valence-corrected chi connectivity index (χ0v) is 20.9. The van der Waals surface area contributed by atoms with Crippen molar-refractivity contribution in [2.75, 3.05) is 16.8 Å². The smallest absolute Gasteiger partial charge is 0.291 e. The average Bonchev–Trinajstić information content (AvgIpc) is 3.52. The number of hydrogen-bond acceptors (Lipinski definition) is 6. The van der Waals surface area contributed by atoms with Gasteiger partial charge in [-0.25, -0.2) is 0 Å². The number of nitrogens with one attached hydrogen (secondary N) is 1. The first kappa shape index (κ1) is 22.8. The van der Waals surface area contributed by atoms with E-state index >= 15 is 0 Å². The summed E-state index contributed by atoms with van der Waals surface area (Å²) in [5.41, 5.74) is 4.70. The summed E-state index contributed by atoms with van der Waals surface area (Å²) >= 11 is 1.12. The Bertz CT molecular complexity index is 1800. The molecule has 2 amide bonds. The second-order valence-corrected chi connectivity index (χ2v) is 9.91. The van der Waals surface area contributed by atoms with Gasteiger partial charge >= 0.3 is 0 Å². The Hall–Kier alpha value is -4.63.